The van der Waals surface area contributed by atoms with Crippen LogP contribution in [0.2, 0.25) is 0 Å². The molecule has 0 amide bonds. The third-order valence-electron chi connectivity index (χ3n) is 5.99. The predicted octanol–water partition coefficient (Wildman–Crippen LogP) is 5.08. The average Bonchev–Trinajstić information content (AvgIpc) is 3.26. The van der Waals surface area contributed by atoms with Crippen LogP contribution in [0, 0.1) is 11.8 Å². The highest BCUT2D eigenvalue weighted by atomic mass is 16.3. The summed E-state index contributed by atoms with van der Waals surface area (Å²) in [5, 5.41) is 15.1. The van der Waals surface area contributed by atoms with E-state index in [1.165, 1.54) is 12.0 Å². The summed E-state index contributed by atoms with van der Waals surface area (Å²) in [7, 11) is 0. The second kappa shape index (κ2) is 8.86. The van der Waals surface area contributed by atoms with Gasteiger partial charge in [-0.2, -0.15) is 4.98 Å². The van der Waals surface area contributed by atoms with Crippen molar-refractivity contribution >= 4 is 16.9 Å². The second-order valence-electron chi connectivity index (χ2n) is 8.38. The first-order chi connectivity index (χ1) is 15.7. The van der Waals surface area contributed by atoms with Gasteiger partial charge in [0.1, 0.15) is 11.4 Å². The van der Waals surface area contributed by atoms with Gasteiger partial charge in [0.05, 0.1) is 5.52 Å². The zero-order chi connectivity index (χ0) is 21.8. The lowest BCUT2D eigenvalue weighted by Gasteiger charge is -2.26. The molecule has 0 atom stereocenters. The monoisotopic (exact) mass is 422 g/mol. The van der Waals surface area contributed by atoms with Crippen LogP contribution in [-0.2, 0) is 6.54 Å². The Morgan fingerprint density at radius 3 is 2.69 bits per heavy atom. The zero-order valence-electron chi connectivity index (χ0n) is 18.0. The van der Waals surface area contributed by atoms with E-state index < -0.39 is 5.60 Å². The fraction of sp³-hybridized carbons (Fsp3) is 0.259. The van der Waals surface area contributed by atoms with Gasteiger partial charge in [-0.15, -0.1) is 0 Å². The molecule has 2 heterocycles. The molecule has 5 nitrogen and oxygen atoms in total. The Labute approximate surface area is 188 Å². The van der Waals surface area contributed by atoms with Crippen LogP contribution in [0.5, 0.6) is 0 Å². The molecule has 1 saturated carbocycles. The molecule has 1 aliphatic carbocycles. The molecule has 2 aromatic carbocycles. The van der Waals surface area contributed by atoms with E-state index in [9.17, 15) is 5.11 Å². The highest BCUT2D eigenvalue weighted by Gasteiger charge is 2.26. The van der Waals surface area contributed by atoms with Crippen LogP contribution in [0.15, 0.2) is 73.1 Å². The number of rotatable bonds is 4. The van der Waals surface area contributed by atoms with Gasteiger partial charge < -0.3 is 15.0 Å². The van der Waals surface area contributed by atoms with Crippen LogP contribution in [0.3, 0.4) is 0 Å². The van der Waals surface area contributed by atoms with E-state index in [4.69, 9.17) is 4.98 Å². The van der Waals surface area contributed by atoms with Crippen molar-refractivity contribution in [3.63, 3.8) is 0 Å². The number of benzene rings is 2. The normalized spacial score (nSPS) is 15.2. The van der Waals surface area contributed by atoms with Gasteiger partial charge in [-0.05, 0) is 55.5 Å². The molecule has 2 N–H and O–H groups in total. The molecule has 4 aromatic rings. The van der Waals surface area contributed by atoms with Crippen LogP contribution >= 0.6 is 0 Å². The summed E-state index contributed by atoms with van der Waals surface area (Å²) in [5.74, 6) is 7.72. The SMILES string of the molecule is OC1(C#Cc2ccc3ccn(-c4ccnc(NCc5ccccc5)n4)c3c2)CCCCC1. The topological polar surface area (TPSA) is 63.0 Å². The summed E-state index contributed by atoms with van der Waals surface area (Å²) in [6.45, 7) is 0.666. The maximum Gasteiger partial charge on any atom is 0.224 e. The van der Waals surface area contributed by atoms with Crippen molar-refractivity contribution in [2.45, 2.75) is 44.2 Å². The van der Waals surface area contributed by atoms with Gasteiger partial charge >= 0.3 is 0 Å². The van der Waals surface area contributed by atoms with E-state index in [2.05, 4.69) is 52.5 Å². The molecule has 5 heteroatoms. The van der Waals surface area contributed by atoms with Gasteiger partial charge in [0.25, 0.3) is 0 Å². The van der Waals surface area contributed by atoms with Crippen LogP contribution in [-0.4, -0.2) is 25.2 Å². The smallest absolute Gasteiger partial charge is 0.224 e. The molecule has 0 saturated heterocycles. The van der Waals surface area contributed by atoms with Gasteiger partial charge in [0, 0.05) is 29.9 Å². The molecular formula is C27H26N4O. The largest absolute Gasteiger partial charge is 0.378 e. The average molecular weight is 423 g/mol. The first-order valence-corrected chi connectivity index (χ1v) is 11.2. The van der Waals surface area contributed by atoms with Crippen molar-refractivity contribution in [1.29, 1.82) is 0 Å². The lowest BCUT2D eigenvalue weighted by Crippen LogP contribution is -2.29. The van der Waals surface area contributed by atoms with Crippen LogP contribution < -0.4 is 5.32 Å². The zero-order valence-corrected chi connectivity index (χ0v) is 18.0. The Bertz CT molecular complexity index is 1280. The lowest BCUT2D eigenvalue weighted by atomic mass is 9.85. The Kier molecular flexibility index (Phi) is 5.62. The van der Waals surface area contributed by atoms with E-state index >= 15 is 0 Å². The summed E-state index contributed by atoms with van der Waals surface area (Å²) in [6, 6.07) is 20.3. The molecule has 1 aliphatic rings. The van der Waals surface area contributed by atoms with Crippen molar-refractivity contribution in [3.8, 4) is 17.7 Å². The molecular weight excluding hydrogens is 396 g/mol. The third-order valence-corrected chi connectivity index (χ3v) is 5.99. The van der Waals surface area contributed by atoms with E-state index in [-0.39, 0.29) is 0 Å². The minimum atomic E-state index is -0.846. The summed E-state index contributed by atoms with van der Waals surface area (Å²) < 4.78 is 2.05. The molecule has 1 fully saturated rings. The number of fused-ring (bicyclic) bond motifs is 1. The fourth-order valence-electron chi connectivity index (χ4n) is 4.20. The molecule has 0 radical (unpaired) electrons. The summed E-state index contributed by atoms with van der Waals surface area (Å²) in [4.78, 5) is 9.07. The van der Waals surface area contributed by atoms with Gasteiger partial charge in [0.2, 0.25) is 5.95 Å². The molecule has 160 valence electrons. The summed E-state index contributed by atoms with van der Waals surface area (Å²) in [5.41, 5.74) is 2.25. The van der Waals surface area contributed by atoms with Crippen molar-refractivity contribution in [3.05, 3.63) is 84.2 Å². The molecule has 5 rings (SSSR count). The van der Waals surface area contributed by atoms with E-state index in [0.29, 0.717) is 12.5 Å². The molecule has 0 unspecified atom stereocenters. The number of nitrogens with one attached hydrogen (secondary N) is 1. The minimum absolute atomic E-state index is 0.587. The van der Waals surface area contributed by atoms with Crippen molar-refractivity contribution < 1.29 is 5.11 Å². The Morgan fingerprint density at radius 1 is 1.00 bits per heavy atom. The standard InChI is InChI=1S/C27H26N4O/c32-27(14-5-2-6-15-27)16-11-21-9-10-23-13-18-31(24(23)19-21)25-12-17-28-26(30-25)29-20-22-7-3-1-4-8-22/h1,3-4,7-10,12-13,17-19,32H,2,5-6,14-15,20H2,(H,28,29,30). The van der Waals surface area contributed by atoms with Crippen LogP contribution in [0.1, 0.15) is 43.2 Å². The quantitative estimate of drug-likeness (QED) is 0.450. The van der Waals surface area contributed by atoms with E-state index in [1.807, 2.05) is 41.1 Å². The fourth-order valence-corrected chi connectivity index (χ4v) is 4.20. The highest BCUT2D eigenvalue weighted by Crippen LogP contribution is 2.27. The first-order valence-electron chi connectivity index (χ1n) is 11.2. The number of aromatic nitrogens is 3. The molecule has 0 aliphatic heterocycles. The van der Waals surface area contributed by atoms with Gasteiger partial charge in [-0.3, -0.25) is 0 Å². The lowest BCUT2D eigenvalue weighted by molar-refractivity contribution is 0.0610. The van der Waals surface area contributed by atoms with Gasteiger partial charge in [-0.1, -0.05) is 54.7 Å². The third kappa shape index (κ3) is 4.51. The maximum atomic E-state index is 10.7. The number of hydrogen-bond donors (Lipinski definition) is 2. The van der Waals surface area contributed by atoms with Crippen LogP contribution in [0.25, 0.3) is 16.7 Å². The number of hydrogen-bond acceptors (Lipinski definition) is 4. The summed E-state index contributed by atoms with van der Waals surface area (Å²) in [6.07, 6.45) is 8.58. The molecule has 0 bridgehead atoms. The van der Waals surface area contributed by atoms with Crippen molar-refractivity contribution in [2.24, 2.45) is 0 Å². The molecule has 2 aromatic heterocycles. The minimum Gasteiger partial charge on any atom is -0.378 e. The predicted molar refractivity (Wildman–Crippen MR) is 128 cm³/mol. The Balaban J connectivity index is 1.40. The number of anilines is 1. The molecule has 0 spiro atoms. The summed E-state index contributed by atoms with van der Waals surface area (Å²) >= 11 is 0. The Morgan fingerprint density at radius 2 is 1.84 bits per heavy atom. The highest BCUT2D eigenvalue weighted by molar-refractivity contribution is 5.83. The molecule has 32 heavy (non-hydrogen) atoms. The van der Waals surface area contributed by atoms with E-state index in [0.717, 1.165) is 48.0 Å². The number of nitrogens with zero attached hydrogens (tertiary/aromatic N) is 3. The van der Waals surface area contributed by atoms with Gasteiger partial charge in [0.15, 0.2) is 0 Å². The first kappa shape index (κ1) is 20.3. The second-order valence-corrected chi connectivity index (χ2v) is 8.38. The number of aliphatic hydroxyl groups is 1. The van der Waals surface area contributed by atoms with Gasteiger partial charge in [-0.25, -0.2) is 4.98 Å². The van der Waals surface area contributed by atoms with Crippen LogP contribution in [0.4, 0.5) is 5.95 Å². The van der Waals surface area contributed by atoms with Crippen molar-refractivity contribution in [1.82, 2.24) is 14.5 Å². The van der Waals surface area contributed by atoms with E-state index in [1.54, 1.807) is 6.20 Å². The maximum absolute atomic E-state index is 10.7. The van der Waals surface area contributed by atoms with Crippen molar-refractivity contribution in [2.75, 3.05) is 5.32 Å². The Hall–Kier alpha value is -3.62.